The predicted octanol–water partition coefficient (Wildman–Crippen LogP) is -1.04. The van der Waals surface area contributed by atoms with E-state index in [1.165, 1.54) is 6.21 Å². The van der Waals surface area contributed by atoms with Gasteiger partial charge in [-0.25, -0.2) is 4.79 Å². The fourth-order valence-electron chi connectivity index (χ4n) is 1.52. The highest BCUT2D eigenvalue weighted by Crippen LogP contribution is 2.04. The first-order chi connectivity index (χ1) is 10.5. The summed E-state index contributed by atoms with van der Waals surface area (Å²) in [6, 6.07) is 8.09. The number of aromatic amines is 1. The Morgan fingerprint density at radius 3 is 2.73 bits per heavy atom. The average Bonchev–Trinajstić information content (AvgIpc) is 2.48. The Hall–Kier alpha value is -3.32. The number of rotatable bonds is 3. The van der Waals surface area contributed by atoms with Crippen LogP contribution in [0.1, 0.15) is 11.3 Å². The van der Waals surface area contributed by atoms with E-state index >= 15 is 0 Å². The molecule has 2 rings (SSSR count). The van der Waals surface area contributed by atoms with Crippen LogP contribution >= 0.6 is 12.2 Å². The van der Waals surface area contributed by atoms with E-state index in [4.69, 9.17) is 11.0 Å². The summed E-state index contributed by atoms with van der Waals surface area (Å²) in [5.74, 6) is 0. The van der Waals surface area contributed by atoms with Gasteiger partial charge in [-0.2, -0.15) is 15.0 Å². The highest BCUT2D eigenvalue weighted by atomic mass is 32.1. The Balaban J connectivity index is 2.34. The van der Waals surface area contributed by atoms with E-state index < -0.39 is 16.9 Å². The normalized spacial score (nSPS) is 10.3. The maximum Gasteiger partial charge on any atom is 0.349 e. The Labute approximate surface area is 128 Å². The van der Waals surface area contributed by atoms with E-state index in [1.807, 2.05) is 4.98 Å². The van der Waals surface area contributed by atoms with Crippen LogP contribution in [0.3, 0.4) is 0 Å². The van der Waals surface area contributed by atoms with Gasteiger partial charge in [0.1, 0.15) is 6.07 Å². The van der Waals surface area contributed by atoms with Crippen molar-refractivity contribution < 1.29 is 0 Å². The third-order valence-electron chi connectivity index (χ3n) is 2.46. The second-order valence-corrected chi connectivity index (χ2v) is 4.40. The van der Waals surface area contributed by atoms with Gasteiger partial charge in [-0.1, -0.05) is 12.1 Å². The first kappa shape index (κ1) is 15.1. The predicted molar refractivity (Wildman–Crippen MR) is 82.7 cm³/mol. The topological polar surface area (TPSA) is 142 Å². The number of nitrogens with zero attached hydrogens (tertiary/aromatic N) is 4. The van der Waals surface area contributed by atoms with E-state index in [2.05, 4.69) is 27.8 Å². The lowest BCUT2D eigenvalue weighted by Gasteiger charge is -2.03. The quantitative estimate of drug-likeness (QED) is 0.373. The molecule has 0 saturated carbocycles. The number of thiocarbonyl (C=S) groups is 1. The number of benzene rings is 1. The molecule has 1 aromatic carbocycles. The molecule has 1 heterocycles. The van der Waals surface area contributed by atoms with Crippen LogP contribution in [-0.4, -0.2) is 26.1 Å². The number of nitriles is 1. The van der Waals surface area contributed by atoms with Crippen LogP contribution in [0.4, 0.5) is 0 Å². The molecule has 1 aromatic heterocycles. The Kier molecular flexibility index (Phi) is 4.40. The zero-order valence-corrected chi connectivity index (χ0v) is 11.8. The molecule has 0 bridgehead atoms. The first-order valence-corrected chi connectivity index (χ1v) is 6.25. The number of H-pyrrole nitrogens is 1. The third-order valence-corrected chi connectivity index (χ3v) is 2.55. The van der Waals surface area contributed by atoms with Gasteiger partial charge in [0, 0.05) is 0 Å². The number of hydrogen-bond acceptors (Lipinski definition) is 6. The van der Waals surface area contributed by atoms with Gasteiger partial charge in [0.2, 0.25) is 5.69 Å². The van der Waals surface area contributed by atoms with Crippen LogP contribution in [0.5, 0.6) is 0 Å². The highest BCUT2D eigenvalue weighted by Gasteiger charge is 2.07. The molecule has 0 aliphatic carbocycles. The van der Waals surface area contributed by atoms with E-state index in [9.17, 15) is 9.59 Å². The molecule has 0 amide bonds. The van der Waals surface area contributed by atoms with Crippen molar-refractivity contribution in [2.75, 3.05) is 0 Å². The average molecular weight is 315 g/mol. The van der Waals surface area contributed by atoms with Crippen molar-refractivity contribution >= 4 is 23.5 Å². The summed E-state index contributed by atoms with van der Waals surface area (Å²) in [5.41, 5.74) is 6.77. The smallest absolute Gasteiger partial charge is 0.349 e. The molecule has 0 saturated heterocycles. The number of nitrogens with one attached hydrogen (secondary N) is 2. The standard InChI is InChI=1S/C12H9N7O2S/c13-5-9-10(20)16-12(21)19(18-9)8-3-1-7(2-4-8)6-15-17-11(14)22/h1-4,6H,(H3,14,17,22)(H,16,20,21). The van der Waals surface area contributed by atoms with Crippen LogP contribution < -0.4 is 22.4 Å². The van der Waals surface area contributed by atoms with Crippen molar-refractivity contribution in [2.24, 2.45) is 10.8 Å². The number of nitrogens with two attached hydrogens (primary N) is 1. The van der Waals surface area contributed by atoms with Crippen LogP contribution in [0.25, 0.3) is 5.69 Å². The first-order valence-electron chi connectivity index (χ1n) is 5.84. The lowest BCUT2D eigenvalue weighted by molar-refractivity contribution is 0.740. The lowest BCUT2D eigenvalue weighted by atomic mass is 10.2. The summed E-state index contributed by atoms with van der Waals surface area (Å²) >= 11 is 4.60. The molecule has 0 unspecified atom stereocenters. The third kappa shape index (κ3) is 3.41. The molecule has 9 nitrogen and oxygen atoms in total. The van der Waals surface area contributed by atoms with Crippen LogP contribution in [-0.2, 0) is 0 Å². The zero-order chi connectivity index (χ0) is 16.1. The lowest BCUT2D eigenvalue weighted by Crippen LogP contribution is -2.33. The fourth-order valence-corrected chi connectivity index (χ4v) is 1.57. The molecule has 4 N–H and O–H groups in total. The molecular formula is C12H9N7O2S. The summed E-state index contributed by atoms with van der Waals surface area (Å²) in [6.45, 7) is 0. The van der Waals surface area contributed by atoms with Gasteiger partial charge in [0.15, 0.2) is 5.11 Å². The highest BCUT2D eigenvalue weighted by molar-refractivity contribution is 7.80. The van der Waals surface area contributed by atoms with Gasteiger partial charge in [0.25, 0.3) is 5.56 Å². The SMILES string of the molecule is N#Cc1nn(-c2ccc(C=NNC(N)=S)cc2)c(=O)[nH]c1=O. The Morgan fingerprint density at radius 2 is 2.14 bits per heavy atom. The second-order valence-electron chi connectivity index (χ2n) is 3.96. The second kappa shape index (κ2) is 6.42. The van der Waals surface area contributed by atoms with Gasteiger partial charge in [-0.05, 0) is 29.9 Å². The Bertz CT molecular complexity index is 889. The molecule has 0 fully saturated rings. The molecule has 0 atom stereocenters. The summed E-state index contributed by atoms with van der Waals surface area (Å²) in [5, 5.41) is 16.3. The van der Waals surface area contributed by atoms with Gasteiger partial charge < -0.3 is 5.73 Å². The molecule has 0 radical (unpaired) electrons. The van der Waals surface area contributed by atoms with Crippen LogP contribution in [0.2, 0.25) is 0 Å². The van der Waals surface area contributed by atoms with Crippen molar-refractivity contribution in [3.05, 3.63) is 56.4 Å². The maximum atomic E-state index is 11.7. The molecule has 10 heteroatoms. The molecule has 0 aliphatic heterocycles. The van der Waals surface area contributed by atoms with E-state index in [1.54, 1.807) is 30.3 Å². The van der Waals surface area contributed by atoms with E-state index in [0.29, 0.717) is 11.3 Å². The van der Waals surface area contributed by atoms with Crippen molar-refractivity contribution in [1.29, 1.82) is 5.26 Å². The van der Waals surface area contributed by atoms with Crippen molar-refractivity contribution in [3.63, 3.8) is 0 Å². The van der Waals surface area contributed by atoms with Crippen molar-refractivity contribution in [2.45, 2.75) is 0 Å². The molecule has 22 heavy (non-hydrogen) atoms. The monoisotopic (exact) mass is 315 g/mol. The van der Waals surface area contributed by atoms with Crippen molar-refractivity contribution in [3.8, 4) is 11.8 Å². The number of hydrazone groups is 1. The van der Waals surface area contributed by atoms with Gasteiger partial charge in [0.05, 0.1) is 11.9 Å². The van der Waals surface area contributed by atoms with Crippen LogP contribution in [0, 0.1) is 11.3 Å². The molecule has 0 aliphatic rings. The van der Waals surface area contributed by atoms with Crippen molar-refractivity contribution in [1.82, 2.24) is 20.2 Å². The largest absolute Gasteiger partial charge is 0.375 e. The molecule has 110 valence electrons. The number of hydrogen-bond donors (Lipinski definition) is 3. The zero-order valence-electron chi connectivity index (χ0n) is 11.0. The van der Waals surface area contributed by atoms with Crippen LogP contribution in [0.15, 0.2) is 39.0 Å². The van der Waals surface area contributed by atoms with Gasteiger partial charge in [-0.15, -0.1) is 5.10 Å². The van der Waals surface area contributed by atoms with E-state index in [0.717, 1.165) is 4.68 Å². The fraction of sp³-hybridized carbons (Fsp3) is 0. The van der Waals surface area contributed by atoms with E-state index in [-0.39, 0.29) is 5.11 Å². The summed E-state index contributed by atoms with van der Waals surface area (Å²) < 4.78 is 0.925. The minimum atomic E-state index is -0.823. The Morgan fingerprint density at radius 1 is 1.45 bits per heavy atom. The van der Waals surface area contributed by atoms with Gasteiger partial charge in [-0.3, -0.25) is 15.2 Å². The maximum absolute atomic E-state index is 11.7. The van der Waals surface area contributed by atoms with Gasteiger partial charge >= 0.3 is 5.69 Å². The summed E-state index contributed by atoms with van der Waals surface area (Å²) in [6.07, 6.45) is 1.48. The summed E-state index contributed by atoms with van der Waals surface area (Å²) in [7, 11) is 0. The minimum Gasteiger partial charge on any atom is -0.375 e. The molecule has 0 spiro atoms. The summed E-state index contributed by atoms with van der Waals surface area (Å²) in [4.78, 5) is 25.0. The number of aromatic nitrogens is 3. The molecule has 2 aromatic rings. The minimum absolute atomic E-state index is 0.0425. The molecular weight excluding hydrogens is 306 g/mol.